The molecule has 2 aromatic carbocycles. The van der Waals surface area contributed by atoms with Crippen LogP contribution in [0.15, 0.2) is 53.6 Å². The summed E-state index contributed by atoms with van der Waals surface area (Å²) in [6.07, 6.45) is 0. The molecule has 112 valence electrons. The molecule has 0 unspecified atom stereocenters. The highest BCUT2D eigenvalue weighted by Crippen LogP contribution is 2.25. The lowest BCUT2D eigenvalue weighted by Crippen LogP contribution is -2.43. The topological polar surface area (TPSA) is 41.5 Å². The lowest BCUT2D eigenvalue weighted by atomic mass is 9.98. The summed E-state index contributed by atoms with van der Waals surface area (Å²) in [5, 5.41) is 7.87. The molecule has 0 saturated carbocycles. The second-order valence-corrected chi connectivity index (χ2v) is 6.19. The van der Waals surface area contributed by atoms with Gasteiger partial charge in [0.15, 0.2) is 6.54 Å². The second-order valence-electron chi connectivity index (χ2n) is 6.19. The van der Waals surface area contributed by atoms with Gasteiger partial charge in [-0.25, -0.2) is 0 Å². The van der Waals surface area contributed by atoms with E-state index in [9.17, 15) is 4.79 Å². The van der Waals surface area contributed by atoms with Gasteiger partial charge in [0.25, 0.3) is 5.91 Å². The van der Waals surface area contributed by atoms with Crippen LogP contribution in [0.2, 0.25) is 0 Å². The summed E-state index contributed by atoms with van der Waals surface area (Å²) < 4.78 is 0.267. The van der Waals surface area contributed by atoms with E-state index >= 15 is 0 Å². The number of likely N-dealkylation sites (N-methyl/N-ethyl adjacent to an activating group) is 1. The molecule has 0 saturated heterocycles. The van der Waals surface area contributed by atoms with Crippen molar-refractivity contribution in [2.45, 2.75) is 6.92 Å². The Hall–Kier alpha value is -2.46. The molecule has 1 aliphatic heterocycles. The van der Waals surface area contributed by atoms with Crippen molar-refractivity contribution in [3.8, 4) is 0 Å². The Morgan fingerprint density at radius 1 is 1.09 bits per heavy atom. The predicted octanol–water partition coefficient (Wildman–Crippen LogP) is 2.78. The van der Waals surface area contributed by atoms with Crippen molar-refractivity contribution >= 4 is 17.3 Å². The molecule has 0 fully saturated rings. The third-order valence-electron chi connectivity index (χ3n) is 3.65. The van der Waals surface area contributed by atoms with E-state index in [1.807, 2.05) is 63.5 Å². The first-order valence-corrected chi connectivity index (χ1v) is 7.34. The number of nitrogens with zero attached hydrogens (tertiary/aromatic N) is 2. The highest BCUT2D eigenvalue weighted by molar-refractivity contribution is 6.17. The summed E-state index contributed by atoms with van der Waals surface area (Å²) >= 11 is 0. The smallest absolute Gasteiger partial charge is 0.282 e. The molecule has 1 N–H and O–H groups in total. The molecule has 4 nitrogen and oxygen atoms in total. The molecular weight excluding hydrogens is 274 g/mol. The van der Waals surface area contributed by atoms with Gasteiger partial charge in [0, 0.05) is 11.1 Å². The molecule has 0 aromatic heterocycles. The lowest BCUT2D eigenvalue weighted by molar-refractivity contribution is -0.888. The van der Waals surface area contributed by atoms with E-state index in [4.69, 9.17) is 5.10 Å². The highest BCUT2D eigenvalue weighted by Gasteiger charge is 2.27. The molecule has 1 heterocycles. The van der Waals surface area contributed by atoms with Crippen molar-refractivity contribution in [2.75, 3.05) is 26.0 Å². The molecule has 1 aliphatic rings. The summed E-state index contributed by atoms with van der Waals surface area (Å²) in [5.41, 5.74) is 4.88. The normalized spacial score (nSPS) is 19.2. The van der Waals surface area contributed by atoms with Gasteiger partial charge in [-0.15, -0.1) is 0 Å². The fraction of sp³-hybridized carbons (Fsp3) is 0.222. The average Bonchev–Trinajstić information content (AvgIpc) is 2.46. The Kier molecular flexibility index (Phi) is 3.54. The summed E-state index contributed by atoms with van der Waals surface area (Å²) in [6, 6.07) is 16.1. The summed E-state index contributed by atoms with van der Waals surface area (Å²) in [4.78, 5) is 12.1. The summed E-state index contributed by atoms with van der Waals surface area (Å²) in [7, 11) is 3.87. The van der Waals surface area contributed by atoms with E-state index in [2.05, 4.69) is 11.4 Å². The van der Waals surface area contributed by atoms with Crippen LogP contribution in [0.4, 0.5) is 5.69 Å². The van der Waals surface area contributed by atoms with E-state index in [1.54, 1.807) is 0 Å². The number of benzene rings is 2. The standard InChI is InChI=1S/C18H19N3O/c1-13-9-10-16-15(11-13)18(14-7-5-4-6-8-14)20-21(2,3)12-17(22)19-16/h4-11H,12H2,1-3H3/p+1. The molecule has 0 atom stereocenters. The third-order valence-corrected chi connectivity index (χ3v) is 3.65. The SMILES string of the molecule is Cc1ccc2c(c1)/C(c1ccccc1)=N\[N+](C)(C)CC(=O)N2. The molecular formula is C18H20N3O+. The van der Waals surface area contributed by atoms with E-state index in [0.717, 1.165) is 28.1 Å². The highest BCUT2D eigenvalue weighted by atomic mass is 16.2. The van der Waals surface area contributed by atoms with Crippen LogP contribution in [0.1, 0.15) is 16.7 Å². The minimum absolute atomic E-state index is 0.0223. The van der Waals surface area contributed by atoms with Gasteiger partial charge >= 0.3 is 0 Å². The van der Waals surface area contributed by atoms with Crippen molar-refractivity contribution in [1.29, 1.82) is 0 Å². The lowest BCUT2D eigenvalue weighted by Gasteiger charge is -2.26. The fourth-order valence-corrected chi connectivity index (χ4v) is 2.67. The third kappa shape index (κ3) is 2.92. The Labute approximate surface area is 130 Å². The number of carbonyl (C=O) groups excluding carboxylic acids is 1. The van der Waals surface area contributed by atoms with E-state index in [1.165, 1.54) is 0 Å². The van der Waals surface area contributed by atoms with Crippen LogP contribution in [-0.4, -0.2) is 36.9 Å². The zero-order valence-electron chi connectivity index (χ0n) is 13.1. The first kappa shape index (κ1) is 14.5. The number of fused-ring (bicyclic) bond motifs is 1. The second kappa shape index (κ2) is 5.39. The first-order chi connectivity index (χ1) is 10.4. The van der Waals surface area contributed by atoms with Crippen LogP contribution in [-0.2, 0) is 4.79 Å². The predicted molar refractivity (Wildman–Crippen MR) is 88.9 cm³/mol. The maximum Gasteiger partial charge on any atom is 0.282 e. The van der Waals surface area contributed by atoms with Crippen LogP contribution in [0, 0.1) is 6.92 Å². The van der Waals surface area contributed by atoms with Crippen LogP contribution < -0.4 is 5.32 Å². The van der Waals surface area contributed by atoms with Crippen molar-refractivity contribution in [3.05, 3.63) is 65.2 Å². The molecule has 0 spiro atoms. The van der Waals surface area contributed by atoms with Crippen LogP contribution in [0.3, 0.4) is 0 Å². The van der Waals surface area contributed by atoms with Gasteiger partial charge in [-0.1, -0.05) is 47.1 Å². The number of hydrogen-bond donors (Lipinski definition) is 1. The quantitative estimate of drug-likeness (QED) is 0.807. The van der Waals surface area contributed by atoms with Gasteiger partial charge in [0.1, 0.15) is 5.71 Å². The first-order valence-electron chi connectivity index (χ1n) is 7.34. The van der Waals surface area contributed by atoms with Gasteiger partial charge in [-0.2, -0.15) is 4.59 Å². The number of rotatable bonds is 1. The summed E-state index contributed by atoms with van der Waals surface area (Å²) in [6.45, 7) is 2.35. The zero-order chi connectivity index (χ0) is 15.7. The maximum absolute atomic E-state index is 12.1. The zero-order valence-corrected chi connectivity index (χ0v) is 13.1. The molecule has 1 amide bonds. The Balaban J connectivity index is 2.26. The monoisotopic (exact) mass is 294 g/mol. The molecule has 22 heavy (non-hydrogen) atoms. The Morgan fingerprint density at radius 3 is 2.55 bits per heavy atom. The molecule has 3 rings (SSSR count). The average molecular weight is 294 g/mol. The van der Waals surface area contributed by atoms with E-state index < -0.39 is 0 Å². The van der Waals surface area contributed by atoms with Gasteiger partial charge in [0.2, 0.25) is 0 Å². The van der Waals surface area contributed by atoms with Gasteiger partial charge in [-0.3, -0.25) is 4.79 Å². The number of carbonyl (C=O) groups is 1. The largest absolute Gasteiger partial charge is 0.320 e. The number of anilines is 1. The summed E-state index contributed by atoms with van der Waals surface area (Å²) in [5.74, 6) is -0.0223. The van der Waals surface area contributed by atoms with Crippen LogP contribution in [0.25, 0.3) is 0 Å². The number of amides is 1. The number of nitrogens with one attached hydrogen (secondary N) is 1. The van der Waals surface area contributed by atoms with Crippen molar-refractivity contribution in [1.82, 2.24) is 0 Å². The van der Waals surface area contributed by atoms with Crippen molar-refractivity contribution < 1.29 is 9.39 Å². The molecule has 0 radical (unpaired) electrons. The molecule has 4 heteroatoms. The molecule has 0 bridgehead atoms. The van der Waals surface area contributed by atoms with Gasteiger partial charge in [-0.05, 0) is 19.1 Å². The minimum atomic E-state index is -0.0223. The molecule has 2 aromatic rings. The van der Waals surface area contributed by atoms with E-state index in [-0.39, 0.29) is 10.5 Å². The number of quaternary nitrogens is 1. The Morgan fingerprint density at radius 2 is 1.82 bits per heavy atom. The van der Waals surface area contributed by atoms with Gasteiger partial charge in [0.05, 0.1) is 19.8 Å². The number of aryl methyl sites for hydroxylation is 1. The fourth-order valence-electron chi connectivity index (χ4n) is 2.67. The van der Waals surface area contributed by atoms with Crippen molar-refractivity contribution in [2.24, 2.45) is 5.10 Å². The van der Waals surface area contributed by atoms with Gasteiger partial charge < -0.3 is 5.32 Å². The maximum atomic E-state index is 12.1. The number of hydrogen-bond acceptors (Lipinski definition) is 2. The van der Waals surface area contributed by atoms with Crippen LogP contribution >= 0.6 is 0 Å². The Bertz CT molecular complexity index is 748. The van der Waals surface area contributed by atoms with E-state index in [0.29, 0.717) is 6.54 Å². The minimum Gasteiger partial charge on any atom is -0.320 e. The van der Waals surface area contributed by atoms with Crippen molar-refractivity contribution in [3.63, 3.8) is 0 Å². The van der Waals surface area contributed by atoms with Crippen LogP contribution in [0.5, 0.6) is 0 Å². The molecule has 0 aliphatic carbocycles.